The Bertz CT molecular complexity index is 437. The molecule has 1 aromatic heterocycles. The second kappa shape index (κ2) is 4.71. The quantitative estimate of drug-likeness (QED) is 0.594. The first-order chi connectivity index (χ1) is 8.39. The van der Waals surface area contributed by atoms with Crippen LogP contribution >= 0.6 is 0 Å². The highest BCUT2D eigenvalue weighted by Crippen LogP contribution is 2.39. The second-order valence-corrected chi connectivity index (χ2v) is 6.20. The van der Waals surface area contributed by atoms with Crippen molar-refractivity contribution in [2.24, 2.45) is 17.3 Å². The summed E-state index contributed by atoms with van der Waals surface area (Å²) in [6.45, 7) is 6.51. The Kier molecular flexibility index (Phi) is 3.42. The van der Waals surface area contributed by atoms with Crippen LogP contribution in [0.2, 0.25) is 0 Å². The lowest BCUT2D eigenvalue weighted by Gasteiger charge is -2.36. The smallest absolute Gasteiger partial charge is 0.208 e. The Morgan fingerprint density at radius 3 is 2.67 bits per heavy atom. The number of hydrogen-bond acceptors (Lipinski definition) is 3. The third-order valence-corrected chi connectivity index (χ3v) is 3.95. The predicted octanol–water partition coefficient (Wildman–Crippen LogP) is 3.49. The van der Waals surface area contributed by atoms with Gasteiger partial charge in [-0.1, -0.05) is 20.8 Å². The average molecular weight is 248 g/mol. The number of carbonyl (C=O) groups excluding carboxylic acids is 2. The molecule has 1 saturated carbocycles. The van der Waals surface area contributed by atoms with E-state index in [1.54, 1.807) is 12.1 Å². The van der Waals surface area contributed by atoms with Crippen LogP contribution in [0.5, 0.6) is 0 Å². The number of Topliss-reactive ketones (excluding diaryl/α,β-unsaturated/α-hetero) is 2. The molecule has 1 aromatic rings. The zero-order valence-electron chi connectivity index (χ0n) is 11.2. The summed E-state index contributed by atoms with van der Waals surface area (Å²) in [6, 6.07) is 3.32. The molecule has 2 rings (SSSR count). The molecule has 3 nitrogen and oxygen atoms in total. The third kappa shape index (κ3) is 2.55. The Labute approximate surface area is 108 Å². The fraction of sp³-hybridized carbons (Fsp3) is 0.600. The SMILES string of the molecule is CC(C)(C)C1CCC(=O)C(C(=O)c2ccco2)C1. The molecule has 0 bridgehead atoms. The van der Waals surface area contributed by atoms with Gasteiger partial charge in [0.25, 0.3) is 0 Å². The number of hydrogen-bond donors (Lipinski definition) is 0. The minimum Gasteiger partial charge on any atom is -0.461 e. The van der Waals surface area contributed by atoms with Gasteiger partial charge in [0, 0.05) is 6.42 Å². The van der Waals surface area contributed by atoms with Crippen molar-refractivity contribution >= 4 is 11.6 Å². The predicted molar refractivity (Wildman–Crippen MR) is 68.3 cm³/mol. The van der Waals surface area contributed by atoms with Crippen molar-refractivity contribution in [3.05, 3.63) is 24.2 Å². The minimum absolute atomic E-state index is 0.0666. The van der Waals surface area contributed by atoms with E-state index in [4.69, 9.17) is 4.42 Å². The zero-order valence-corrected chi connectivity index (χ0v) is 11.2. The molecule has 1 aliphatic carbocycles. The summed E-state index contributed by atoms with van der Waals surface area (Å²) in [5, 5.41) is 0. The summed E-state index contributed by atoms with van der Waals surface area (Å²) in [7, 11) is 0. The molecule has 18 heavy (non-hydrogen) atoms. The van der Waals surface area contributed by atoms with Gasteiger partial charge in [-0.2, -0.15) is 0 Å². The van der Waals surface area contributed by atoms with Gasteiger partial charge in [-0.25, -0.2) is 0 Å². The summed E-state index contributed by atoms with van der Waals surface area (Å²) < 4.78 is 5.12. The van der Waals surface area contributed by atoms with E-state index in [1.807, 2.05) is 0 Å². The van der Waals surface area contributed by atoms with Gasteiger partial charge in [-0.15, -0.1) is 0 Å². The summed E-state index contributed by atoms with van der Waals surface area (Å²) in [4.78, 5) is 24.2. The molecule has 1 aliphatic rings. The van der Waals surface area contributed by atoms with Crippen LogP contribution in [0.15, 0.2) is 22.8 Å². The van der Waals surface area contributed by atoms with Crippen LogP contribution in [-0.4, -0.2) is 11.6 Å². The summed E-state index contributed by atoms with van der Waals surface area (Å²) in [6.07, 6.45) is 3.53. The largest absolute Gasteiger partial charge is 0.461 e. The minimum atomic E-state index is -0.505. The molecular formula is C15H20O3. The van der Waals surface area contributed by atoms with Crippen LogP contribution in [-0.2, 0) is 4.79 Å². The zero-order chi connectivity index (χ0) is 13.3. The summed E-state index contributed by atoms with van der Waals surface area (Å²) >= 11 is 0. The van der Waals surface area contributed by atoms with Crippen LogP contribution in [0.25, 0.3) is 0 Å². The van der Waals surface area contributed by atoms with Gasteiger partial charge in [0.05, 0.1) is 12.2 Å². The number of carbonyl (C=O) groups is 2. The van der Waals surface area contributed by atoms with Crippen molar-refractivity contribution in [2.45, 2.75) is 40.0 Å². The molecule has 3 heteroatoms. The number of ketones is 2. The fourth-order valence-electron chi connectivity index (χ4n) is 2.65. The maximum atomic E-state index is 12.2. The van der Waals surface area contributed by atoms with E-state index in [9.17, 15) is 9.59 Å². The highest BCUT2D eigenvalue weighted by molar-refractivity contribution is 6.09. The number of rotatable bonds is 2. The average Bonchev–Trinajstić information content (AvgIpc) is 2.80. The van der Waals surface area contributed by atoms with Crippen LogP contribution < -0.4 is 0 Å². The molecule has 1 heterocycles. The first-order valence-corrected chi connectivity index (χ1v) is 6.50. The Morgan fingerprint density at radius 1 is 1.39 bits per heavy atom. The number of furan rings is 1. The third-order valence-electron chi connectivity index (χ3n) is 3.95. The molecule has 0 spiro atoms. The van der Waals surface area contributed by atoms with Crippen molar-refractivity contribution in [2.75, 3.05) is 0 Å². The highest BCUT2D eigenvalue weighted by Gasteiger charge is 2.39. The van der Waals surface area contributed by atoms with Gasteiger partial charge in [0.15, 0.2) is 5.76 Å². The van der Waals surface area contributed by atoms with Gasteiger partial charge in [0.1, 0.15) is 5.78 Å². The molecule has 0 radical (unpaired) electrons. The highest BCUT2D eigenvalue weighted by atomic mass is 16.3. The van der Waals surface area contributed by atoms with Crippen molar-refractivity contribution in [1.82, 2.24) is 0 Å². The Morgan fingerprint density at radius 2 is 2.11 bits per heavy atom. The van der Waals surface area contributed by atoms with Gasteiger partial charge in [-0.3, -0.25) is 9.59 Å². The van der Waals surface area contributed by atoms with E-state index >= 15 is 0 Å². The van der Waals surface area contributed by atoms with Crippen molar-refractivity contribution in [1.29, 1.82) is 0 Å². The fourth-order valence-corrected chi connectivity index (χ4v) is 2.65. The van der Waals surface area contributed by atoms with Crippen molar-refractivity contribution in [3.8, 4) is 0 Å². The lowest BCUT2D eigenvalue weighted by molar-refractivity contribution is -0.124. The molecule has 0 amide bonds. The summed E-state index contributed by atoms with van der Waals surface area (Å²) in [5.74, 6) is 0.131. The van der Waals surface area contributed by atoms with E-state index in [2.05, 4.69) is 20.8 Å². The molecule has 0 aromatic carbocycles. The lowest BCUT2D eigenvalue weighted by Crippen LogP contribution is -2.36. The Hall–Kier alpha value is -1.38. The second-order valence-electron chi connectivity index (χ2n) is 6.20. The van der Waals surface area contributed by atoms with E-state index < -0.39 is 5.92 Å². The van der Waals surface area contributed by atoms with Crippen molar-refractivity contribution < 1.29 is 14.0 Å². The normalized spacial score (nSPS) is 25.2. The molecule has 1 fully saturated rings. The van der Waals surface area contributed by atoms with Crippen LogP contribution in [0.1, 0.15) is 50.6 Å². The lowest BCUT2D eigenvalue weighted by atomic mass is 9.67. The van der Waals surface area contributed by atoms with Gasteiger partial charge >= 0.3 is 0 Å². The van der Waals surface area contributed by atoms with Gasteiger partial charge in [0.2, 0.25) is 5.78 Å². The van der Waals surface area contributed by atoms with E-state index in [1.165, 1.54) is 6.26 Å². The monoisotopic (exact) mass is 248 g/mol. The van der Waals surface area contributed by atoms with Crippen molar-refractivity contribution in [3.63, 3.8) is 0 Å². The first kappa shape index (κ1) is 13.1. The maximum Gasteiger partial charge on any atom is 0.208 e. The topological polar surface area (TPSA) is 47.3 Å². The Balaban J connectivity index is 2.16. The van der Waals surface area contributed by atoms with E-state index in [0.717, 1.165) is 6.42 Å². The molecule has 0 N–H and O–H groups in total. The standard InChI is InChI=1S/C15H20O3/c1-15(2,3)10-6-7-12(16)11(9-10)14(17)13-5-4-8-18-13/h4-5,8,10-11H,6-7,9H2,1-3H3. The van der Waals surface area contributed by atoms with Crippen LogP contribution in [0.3, 0.4) is 0 Å². The van der Waals surface area contributed by atoms with Crippen LogP contribution in [0, 0.1) is 17.3 Å². The molecule has 2 atom stereocenters. The van der Waals surface area contributed by atoms with E-state index in [0.29, 0.717) is 24.5 Å². The molecule has 0 aliphatic heterocycles. The summed E-state index contributed by atoms with van der Waals surface area (Å²) in [5.41, 5.74) is 0.141. The molecule has 2 unspecified atom stereocenters. The van der Waals surface area contributed by atoms with Gasteiger partial charge in [-0.05, 0) is 36.3 Å². The van der Waals surface area contributed by atoms with Crippen LogP contribution in [0.4, 0.5) is 0 Å². The molecule has 0 saturated heterocycles. The first-order valence-electron chi connectivity index (χ1n) is 6.50. The molecule has 98 valence electrons. The maximum absolute atomic E-state index is 12.2. The molecular weight excluding hydrogens is 228 g/mol. The van der Waals surface area contributed by atoms with Gasteiger partial charge < -0.3 is 4.42 Å². The van der Waals surface area contributed by atoms with E-state index in [-0.39, 0.29) is 17.0 Å².